The number of carbonyl (C=O) groups is 2. The van der Waals surface area contributed by atoms with Crippen LogP contribution in [0.5, 0.6) is 0 Å². The lowest BCUT2D eigenvalue weighted by Gasteiger charge is -2.47. The summed E-state index contributed by atoms with van der Waals surface area (Å²) >= 11 is 0. The van der Waals surface area contributed by atoms with Gasteiger partial charge in [0.25, 0.3) is 0 Å². The van der Waals surface area contributed by atoms with E-state index in [1.165, 1.54) is 18.2 Å². The van der Waals surface area contributed by atoms with Gasteiger partial charge in [-0.1, -0.05) is 13.0 Å². The SMILES string of the molecule is CC1=CC(=O)CC(C)(CO[C@@H]2O[C@H](CO)[C@@H](O)[C@H](O)[C@H]2O)C1(O)/C=C/C(C)=C/C(=O)O. The van der Waals surface area contributed by atoms with Crippen molar-refractivity contribution >= 4 is 11.8 Å². The van der Waals surface area contributed by atoms with Gasteiger partial charge in [0.05, 0.1) is 13.2 Å². The molecule has 2 aliphatic rings. The number of allylic oxidation sites excluding steroid dienone is 3. The van der Waals surface area contributed by atoms with Crippen LogP contribution < -0.4 is 0 Å². The van der Waals surface area contributed by atoms with Crippen LogP contribution in [0.2, 0.25) is 0 Å². The van der Waals surface area contributed by atoms with Crippen molar-refractivity contribution in [2.75, 3.05) is 13.2 Å². The minimum atomic E-state index is -1.69. The molecule has 0 bridgehead atoms. The Labute approximate surface area is 179 Å². The van der Waals surface area contributed by atoms with Gasteiger partial charge < -0.3 is 40.1 Å². The topological polar surface area (TPSA) is 174 Å². The molecule has 2 unspecified atom stereocenters. The number of carboxylic acid groups (broad SMARTS) is 1. The van der Waals surface area contributed by atoms with Crippen LogP contribution in [-0.4, -0.2) is 91.9 Å². The van der Waals surface area contributed by atoms with Gasteiger partial charge in [-0.25, -0.2) is 4.79 Å². The lowest BCUT2D eigenvalue weighted by Crippen LogP contribution is -2.60. The summed E-state index contributed by atoms with van der Waals surface area (Å²) in [6.07, 6.45) is -2.41. The Bertz CT molecular complexity index is 785. The molecule has 2 rings (SSSR count). The van der Waals surface area contributed by atoms with E-state index < -0.39 is 54.3 Å². The van der Waals surface area contributed by atoms with Gasteiger partial charge in [-0.05, 0) is 37.1 Å². The Morgan fingerprint density at radius 2 is 1.94 bits per heavy atom. The van der Waals surface area contributed by atoms with Crippen LogP contribution in [0, 0.1) is 5.41 Å². The summed E-state index contributed by atoms with van der Waals surface area (Å²) in [5, 5.41) is 59.6. The first-order valence-corrected chi connectivity index (χ1v) is 9.81. The number of hydrogen-bond donors (Lipinski definition) is 6. The molecule has 10 nitrogen and oxygen atoms in total. The van der Waals surface area contributed by atoms with Crippen LogP contribution in [0.3, 0.4) is 0 Å². The van der Waals surface area contributed by atoms with Crippen LogP contribution in [0.4, 0.5) is 0 Å². The first-order valence-electron chi connectivity index (χ1n) is 9.81. The monoisotopic (exact) mass is 442 g/mol. The Morgan fingerprint density at radius 3 is 2.52 bits per heavy atom. The fourth-order valence-electron chi connectivity index (χ4n) is 3.86. The molecule has 0 saturated carbocycles. The summed E-state index contributed by atoms with van der Waals surface area (Å²) in [7, 11) is 0. The number of carbonyl (C=O) groups excluding carboxylic acids is 1. The van der Waals surface area contributed by atoms with Crippen LogP contribution in [0.15, 0.2) is 35.5 Å². The summed E-state index contributed by atoms with van der Waals surface area (Å²) in [6.45, 7) is 3.78. The average molecular weight is 442 g/mol. The highest BCUT2D eigenvalue weighted by molar-refractivity contribution is 5.93. The maximum Gasteiger partial charge on any atom is 0.328 e. The third-order valence-electron chi connectivity index (χ3n) is 5.82. The zero-order chi connectivity index (χ0) is 23.6. The second-order valence-electron chi connectivity index (χ2n) is 8.37. The van der Waals surface area contributed by atoms with Gasteiger partial charge in [0.15, 0.2) is 12.1 Å². The predicted octanol–water partition coefficient (Wildman–Crippen LogP) is -0.953. The second-order valence-corrected chi connectivity index (χ2v) is 8.37. The van der Waals surface area contributed by atoms with Crippen molar-refractivity contribution in [2.45, 2.75) is 63.5 Å². The minimum Gasteiger partial charge on any atom is -0.478 e. The standard InChI is InChI=1S/C21H30O10/c1-11(6-15(24)25)4-5-21(29)12(2)7-13(23)8-20(21,3)10-30-19-18(28)17(27)16(26)14(9-22)31-19/h4-7,14,16-19,22,26-29H,8-10H2,1-3H3,(H,24,25)/b5-4+,11-6+/t14-,16-,17+,18-,19-,20?,21?/m1/s1. The highest BCUT2D eigenvalue weighted by Gasteiger charge is 2.52. The van der Waals surface area contributed by atoms with Crippen molar-refractivity contribution in [1.29, 1.82) is 0 Å². The third-order valence-corrected chi connectivity index (χ3v) is 5.82. The molecule has 0 radical (unpaired) electrons. The van der Waals surface area contributed by atoms with Crippen LogP contribution in [0.1, 0.15) is 27.2 Å². The molecule has 0 amide bonds. The first-order chi connectivity index (χ1) is 14.3. The molecule has 0 aromatic rings. The summed E-state index contributed by atoms with van der Waals surface area (Å²) in [6, 6.07) is 0. The van der Waals surface area contributed by atoms with E-state index in [9.17, 15) is 35.1 Å². The molecule has 1 heterocycles. The van der Waals surface area contributed by atoms with E-state index in [-0.39, 0.29) is 18.8 Å². The quantitative estimate of drug-likeness (QED) is 0.213. The van der Waals surface area contributed by atoms with E-state index >= 15 is 0 Å². The Balaban J connectivity index is 2.29. The molecule has 7 atom stereocenters. The Kier molecular flexibility index (Phi) is 7.93. The van der Waals surface area contributed by atoms with Crippen molar-refractivity contribution in [2.24, 2.45) is 5.41 Å². The van der Waals surface area contributed by atoms with Crippen molar-refractivity contribution in [3.63, 3.8) is 0 Å². The van der Waals surface area contributed by atoms with E-state index in [0.29, 0.717) is 11.1 Å². The van der Waals surface area contributed by atoms with E-state index in [1.807, 2.05) is 0 Å². The fraction of sp³-hybridized carbons (Fsp3) is 0.619. The van der Waals surface area contributed by atoms with Gasteiger partial charge in [-0.15, -0.1) is 0 Å². The molecule has 0 spiro atoms. The van der Waals surface area contributed by atoms with Crippen LogP contribution >= 0.6 is 0 Å². The van der Waals surface area contributed by atoms with Gasteiger partial charge in [0.1, 0.15) is 30.0 Å². The van der Waals surface area contributed by atoms with Crippen molar-refractivity contribution in [1.82, 2.24) is 0 Å². The summed E-state index contributed by atoms with van der Waals surface area (Å²) in [5.41, 5.74) is -2.24. The minimum absolute atomic E-state index is 0.121. The number of aliphatic hydroxyl groups is 5. The number of rotatable bonds is 7. The highest BCUT2D eigenvalue weighted by atomic mass is 16.7. The molecule has 1 aliphatic heterocycles. The van der Waals surface area contributed by atoms with Crippen molar-refractivity contribution in [3.8, 4) is 0 Å². The molecule has 0 aromatic carbocycles. The molecule has 10 heteroatoms. The van der Waals surface area contributed by atoms with E-state index in [0.717, 1.165) is 6.08 Å². The van der Waals surface area contributed by atoms with Crippen molar-refractivity contribution in [3.05, 3.63) is 35.5 Å². The Hall–Kier alpha value is -1.92. The fourth-order valence-corrected chi connectivity index (χ4v) is 3.86. The predicted molar refractivity (Wildman–Crippen MR) is 107 cm³/mol. The number of ether oxygens (including phenoxy) is 2. The average Bonchev–Trinajstić information content (AvgIpc) is 2.68. The van der Waals surface area contributed by atoms with Crippen LogP contribution in [-0.2, 0) is 19.1 Å². The second kappa shape index (κ2) is 9.70. The van der Waals surface area contributed by atoms with E-state index in [1.54, 1.807) is 20.8 Å². The normalized spacial score (nSPS) is 39.6. The number of hydrogen-bond acceptors (Lipinski definition) is 9. The molecule has 1 fully saturated rings. The molecule has 174 valence electrons. The highest BCUT2D eigenvalue weighted by Crippen LogP contribution is 2.45. The molecular weight excluding hydrogens is 412 g/mol. The largest absolute Gasteiger partial charge is 0.478 e. The summed E-state index contributed by atoms with van der Waals surface area (Å²) < 4.78 is 10.9. The lowest BCUT2D eigenvalue weighted by molar-refractivity contribution is -0.308. The van der Waals surface area contributed by atoms with Crippen LogP contribution in [0.25, 0.3) is 0 Å². The maximum absolute atomic E-state index is 12.2. The van der Waals surface area contributed by atoms with Crippen molar-refractivity contribution < 1.29 is 49.7 Å². The molecular formula is C21H30O10. The maximum atomic E-state index is 12.2. The molecule has 6 N–H and O–H groups in total. The van der Waals surface area contributed by atoms with E-state index in [2.05, 4.69) is 0 Å². The summed E-state index contributed by atoms with van der Waals surface area (Å²) in [4.78, 5) is 23.1. The molecule has 0 aromatic heterocycles. The zero-order valence-electron chi connectivity index (χ0n) is 17.6. The first kappa shape index (κ1) is 25.3. The van der Waals surface area contributed by atoms with E-state index in [4.69, 9.17) is 14.6 Å². The van der Waals surface area contributed by atoms with Gasteiger partial charge in [0, 0.05) is 17.9 Å². The summed E-state index contributed by atoms with van der Waals surface area (Å²) in [5.74, 6) is -1.40. The smallest absolute Gasteiger partial charge is 0.328 e. The third kappa shape index (κ3) is 5.29. The molecule has 1 saturated heterocycles. The molecule has 31 heavy (non-hydrogen) atoms. The zero-order valence-corrected chi connectivity index (χ0v) is 17.6. The number of aliphatic carboxylic acids is 1. The van der Waals surface area contributed by atoms with Gasteiger partial charge >= 0.3 is 5.97 Å². The number of aliphatic hydroxyl groups excluding tert-OH is 4. The lowest BCUT2D eigenvalue weighted by atomic mass is 9.63. The Morgan fingerprint density at radius 1 is 1.29 bits per heavy atom. The van der Waals surface area contributed by atoms with Gasteiger partial charge in [0.2, 0.25) is 0 Å². The van der Waals surface area contributed by atoms with Gasteiger partial charge in [-0.3, -0.25) is 4.79 Å². The number of carboxylic acids is 1. The number of ketones is 1. The molecule has 1 aliphatic carbocycles. The van der Waals surface area contributed by atoms with Gasteiger partial charge in [-0.2, -0.15) is 0 Å².